The van der Waals surface area contributed by atoms with Crippen LogP contribution in [0.3, 0.4) is 0 Å². The highest BCUT2D eigenvalue weighted by atomic mass is 16.3. The van der Waals surface area contributed by atoms with Crippen molar-refractivity contribution in [2.75, 3.05) is 0 Å². The first-order valence-electron chi connectivity index (χ1n) is 22.6. The largest absolute Gasteiger partial charge is 0.507 e. The molecule has 11 rings (SSSR count). The molecule has 9 aromatic rings. The molecule has 0 bridgehead atoms. The van der Waals surface area contributed by atoms with Crippen molar-refractivity contribution in [3.05, 3.63) is 204 Å². The highest BCUT2D eigenvalue weighted by Crippen LogP contribution is 2.48. The predicted octanol–water partition coefficient (Wildman–Crippen LogP) is 14.7. The van der Waals surface area contributed by atoms with Gasteiger partial charge in [-0.2, -0.15) is 0 Å². The molecule has 310 valence electrons. The summed E-state index contributed by atoms with van der Waals surface area (Å²) < 4.78 is 0. The van der Waals surface area contributed by atoms with Gasteiger partial charge >= 0.3 is 0 Å². The summed E-state index contributed by atoms with van der Waals surface area (Å²) in [6.45, 7) is 0. The van der Waals surface area contributed by atoms with Crippen molar-refractivity contribution in [1.82, 2.24) is 0 Å². The second-order valence-electron chi connectivity index (χ2n) is 17.2. The molecule has 1 fully saturated rings. The Morgan fingerprint density at radius 1 is 0.422 bits per heavy atom. The zero-order valence-electron chi connectivity index (χ0n) is 35.7. The van der Waals surface area contributed by atoms with Crippen LogP contribution in [0.5, 0.6) is 11.5 Å². The number of phenols is 2. The van der Waals surface area contributed by atoms with E-state index in [1.807, 2.05) is 30.6 Å². The summed E-state index contributed by atoms with van der Waals surface area (Å²) >= 11 is 0. The van der Waals surface area contributed by atoms with Gasteiger partial charge in [-0.1, -0.05) is 183 Å². The number of hydrogen-bond donors (Lipinski definition) is 2. The van der Waals surface area contributed by atoms with Crippen LogP contribution in [0.4, 0.5) is 0 Å². The molecule has 2 aliphatic rings. The van der Waals surface area contributed by atoms with Crippen LogP contribution >= 0.6 is 0 Å². The Hall–Kier alpha value is -7.56. The Morgan fingerprint density at radius 2 is 0.875 bits per heavy atom. The molecule has 0 heterocycles. The van der Waals surface area contributed by atoms with Crippen LogP contribution in [0.2, 0.25) is 0 Å². The number of phenolic OH excluding ortho intramolecular Hbond substituents is 2. The minimum atomic E-state index is -0.0866. The minimum Gasteiger partial charge on any atom is -0.507 e. The highest BCUT2D eigenvalue weighted by Gasteiger charge is 2.27. The fourth-order valence-corrected chi connectivity index (χ4v) is 10.3. The van der Waals surface area contributed by atoms with E-state index in [1.165, 1.54) is 11.1 Å². The van der Waals surface area contributed by atoms with Gasteiger partial charge < -0.3 is 10.2 Å². The minimum absolute atomic E-state index is 0.0846. The summed E-state index contributed by atoms with van der Waals surface area (Å²) in [7, 11) is 0. The van der Waals surface area contributed by atoms with Gasteiger partial charge in [0.25, 0.3) is 0 Å². The van der Waals surface area contributed by atoms with Gasteiger partial charge in [0, 0.05) is 40.2 Å². The molecule has 0 aromatic heterocycles. The molecule has 1 saturated carbocycles. The average Bonchev–Trinajstić information content (AvgIpc) is 3.35. The van der Waals surface area contributed by atoms with Crippen molar-refractivity contribution in [3.63, 3.8) is 0 Å². The average molecular weight is 829 g/mol. The van der Waals surface area contributed by atoms with Crippen LogP contribution in [-0.4, -0.2) is 34.7 Å². The number of rotatable bonds is 8. The Balaban J connectivity index is 0.998. The normalized spacial score (nSPS) is 16.3. The zero-order chi connectivity index (χ0) is 43.0. The molecule has 0 amide bonds. The number of fused-ring (bicyclic) bond motifs is 4. The molecule has 0 spiro atoms. The summed E-state index contributed by atoms with van der Waals surface area (Å²) in [6.07, 6.45) is 13.8. The van der Waals surface area contributed by atoms with Gasteiger partial charge in [0.2, 0.25) is 0 Å². The van der Waals surface area contributed by atoms with Crippen molar-refractivity contribution in [2.45, 2.75) is 50.6 Å². The van der Waals surface area contributed by atoms with Crippen LogP contribution in [0.1, 0.15) is 47.9 Å². The third kappa shape index (κ3) is 7.15. The van der Waals surface area contributed by atoms with E-state index in [9.17, 15) is 10.2 Å². The summed E-state index contributed by atoms with van der Waals surface area (Å²) in [5, 5.41) is 31.3. The molecule has 2 N–H and O–H groups in total. The van der Waals surface area contributed by atoms with E-state index < -0.39 is 0 Å². The molecule has 0 aliphatic heterocycles. The summed E-state index contributed by atoms with van der Waals surface area (Å²) in [5.74, 6) is 0.462. The van der Waals surface area contributed by atoms with Crippen LogP contribution in [0, 0.1) is 0 Å². The molecule has 64 heavy (non-hydrogen) atoms. The van der Waals surface area contributed by atoms with Crippen molar-refractivity contribution in [1.29, 1.82) is 0 Å². The van der Waals surface area contributed by atoms with Crippen LogP contribution in [-0.2, 0) is 12.8 Å². The van der Waals surface area contributed by atoms with Crippen molar-refractivity contribution in [3.8, 4) is 56.0 Å². The third-order valence-electron chi connectivity index (χ3n) is 13.4. The first-order chi connectivity index (χ1) is 31.6. The number of aliphatic imine (C=N–C) groups is 2. The van der Waals surface area contributed by atoms with E-state index in [1.54, 1.807) is 0 Å². The number of hydrogen-bond acceptors (Lipinski definition) is 4. The smallest absolute Gasteiger partial charge is 0.132 e. The Labute approximate surface area is 374 Å². The lowest BCUT2D eigenvalue weighted by atomic mass is 9.81. The van der Waals surface area contributed by atoms with Gasteiger partial charge in [0.05, 0.1) is 12.1 Å². The molecular weight excluding hydrogens is 781 g/mol. The van der Waals surface area contributed by atoms with E-state index in [-0.39, 0.29) is 23.6 Å². The monoisotopic (exact) mass is 828 g/mol. The highest BCUT2D eigenvalue weighted by molar-refractivity contribution is 6.14. The maximum Gasteiger partial charge on any atom is 0.132 e. The third-order valence-corrected chi connectivity index (χ3v) is 13.4. The Bertz CT molecular complexity index is 3310. The zero-order valence-corrected chi connectivity index (χ0v) is 35.7. The topological polar surface area (TPSA) is 65.2 Å². The molecule has 0 radical (unpaired) electrons. The second kappa shape index (κ2) is 17.0. The molecule has 9 aromatic carbocycles. The molecule has 2 atom stereocenters. The molecule has 4 nitrogen and oxygen atoms in total. The fraction of sp³-hybridized carbons (Fsp3) is 0.133. The lowest BCUT2D eigenvalue weighted by Crippen LogP contribution is -2.27. The van der Waals surface area contributed by atoms with Crippen LogP contribution in [0.15, 0.2) is 192 Å². The SMILES string of the molecule is Oc1c(C=N[C@H]2CCCC[C@@H]2N=Cc2cc3ccccc3c(-c3c(-c4ccccc4)ccc4ccccc34)c2O)cc2ccccc2c1-c1c(-c2ccccc2)ccc2c1CC=CC2. The first kappa shape index (κ1) is 39.3. The van der Waals surface area contributed by atoms with Crippen molar-refractivity contribution in [2.24, 2.45) is 9.98 Å². The Morgan fingerprint density at radius 3 is 1.45 bits per heavy atom. The molecule has 4 heteroatoms. The number of aromatic hydroxyl groups is 2. The maximum atomic E-state index is 12.5. The maximum absolute atomic E-state index is 12.5. The van der Waals surface area contributed by atoms with Crippen molar-refractivity contribution >= 4 is 44.7 Å². The van der Waals surface area contributed by atoms with Gasteiger partial charge in [0.15, 0.2) is 0 Å². The van der Waals surface area contributed by atoms with E-state index in [2.05, 4.69) is 164 Å². The summed E-state index contributed by atoms with van der Waals surface area (Å²) in [5.41, 5.74) is 12.1. The number of nitrogens with zero attached hydrogens (tertiary/aromatic N) is 2. The lowest BCUT2D eigenvalue weighted by Gasteiger charge is -2.26. The molecule has 2 aliphatic carbocycles. The second-order valence-corrected chi connectivity index (χ2v) is 17.2. The van der Waals surface area contributed by atoms with Gasteiger partial charge in [-0.05, 0) is 109 Å². The van der Waals surface area contributed by atoms with E-state index in [0.717, 1.165) is 115 Å². The van der Waals surface area contributed by atoms with Gasteiger partial charge in [-0.25, -0.2) is 0 Å². The Kier molecular flexibility index (Phi) is 10.4. The van der Waals surface area contributed by atoms with E-state index in [0.29, 0.717) is 11.1 Å². The molecule has 0 saturated heterocycles. The number of allylic oxidation sites excluding steroid dienone is 2. The summed E-state index contributed by atoms with van der Waals surface area (Å²) in [6, 6.07) is 58.8. The van der Waals surface area contributed by atoms with Gasteiger partial charge in [-0.3, -0.25) is 9.98 Å². The lowest BCUT2D eigenvalue weighted by molar-refractivity contribution is 0.390. The van der Waals surface area contributed by atoms with E-state index in [4.69, 9.17) is 9.98 Å². The van der Waals surface area contributed by atoms with E-state index >= 15 is 0 Å². The van der Waals surface area contributed by atoms with Crippen LogP contribution in [0.25, 0.3) is 76.8 Å². The standard InChI is InChI=1S/C60H48N2O2/c63-59-45(35-43-23-9-13-27-49(43)57(59)55-47-25-11-7-21-41(47)31-33-51(55)39-17-3-1-4-18-39)37-61-53-29-15-16-30-54(53)62-38-46-36-44-24-10-14-28-50(44)58(60(46)64)56-48-26-12-8-22-42(48)32-34-52(56)40-19-5-2-6-20-40/h1-14,17-21,23-25,27-28,31-38,53-54,63-64H,15-16,22,26,29-30H2/t53-,54-/m0/s1. The molecule has 0 unspecified atom stereocenters. The van der Waals surface area contributed by atoms with Gasteiger partial charge in [0.1, 0.15) is 11.5 Å². The number of benzene rings is 9. The van der Waals surface area contributed by atoms with Gasteiger partial charge in [-0.15, -0.1) is 0 Å². The quantitative estimate of drug-likeness (QED) is 0.118. The molecular formula is C60H48N2O2. The fourth-order valence-electron chi connectivity index (χ4n) is 10.3. The van der Waals surface area contributed by atoms with Crippen LogP contribution < -0.4 is 0 Å². The summed E-state index contributed by atoms with van der Waals surface area (Å²) in [4.78, 5) is 10.5. The predicted molar refractivity (Wildman–Crippen MR) is 268 cm³/mol. The van der Waals surface area contributed by atoms with Crippen molar-refractivity contribution < 1.29 is 10.2 Å². The first-order valence-corrected chi connectivity index (χ1v) is 22.6.